The highest BCUT2D eigenvalue weighted by Gasteiger charge is 1.93. The van der Waals surface area contributed by atoms with Crippen LogP contribution in [0.4, 0.5) is 4.79 Å². The van der Waals surface area contributed by atoms with Gasteiger partial charge in [0.2, 0.25) is 6.41 Å². The Morgan fingerprint density at radius 3 is 2.85 bits per heavy atom. The fraction of sp³-hybridized carbons (Fsp3) is 0.600. The van der Waals surface area contributed by atoms with Gasteiger partial charge in [0.25, 0.3) is 0 Å². The normalized spacial score (nSPS) is 8.92. The molecule has 5 N–H and O–H groups in total. The first kappa shape index (κ1) is 11.7. The van der Waals surface area contributed by atoms with Crippen LogP contribution >= 0.6 is 0 Å². The van der Waals surface area contributed by atoms with Crippen molar-refractivity contribution in [1.29, 1.82) is 0 Å². The minimum absolute atomic E-state index is 0.560. The maximum absolute atomic E-state index is 9.94. The smallest absolute Gasteiger partial charge is 0.419 e. The lowest BCUT2D eigenvalue weighted by Crippen LogP contribution is -2.38. The maximum Gasteiger partial charge on any atom is 0.419 e. The first-order chi connectivity index (χ1) is 6.27. The van der Waals surface area contributed by atoms with Gasteiger partial charge >= 0.3 is 6.09 Å². The number of rotatable bonds is 8. The highest BCUT2D eigenvalue weighted by molar-refractivity contribution is 6.35. The van der Waals surface area contributed by atoms with Crippen LogP contribution in [-0.2, 0) is 4.79 Å². The monoisotopic (exact) mass is 188 g/mol. The molecule has 7 nitrogen and oxygen atoms in total. The average Bonchev–Trinajstić information content (AvgIpc) is 2.09. The van der Waals surface area contributed by atoms with E-state index in [0.717, 1.165) is 13.6 Å². The Kier molecular flexibility index (Phi) is 7.95. The molecule has 0 fully saturated rings. The van der Waals surface area contributed by atoms with Crippen molar-refractivity contribution < 1.29 is 14.7 Å². The Balaban J connectivity index is 2.91. The Morgan fingerprint density at radius 2 is 2.23 bits per heavy atom. The zero-order chi connectivity index (χ0) is 9.94. The Morgan fingerprint density at radius 1 is 1.46 bits per heavy atom. The van der Waals surface area contributed by atoms with E-state index in [4.69, 9.17) is 5.11 Å². The summed E-state index contributed by atoms with van der Waals surface area (Å²) in [5.74, 6) is 0. The van der Waals surface area contributed by atoms with E-state index >= 15 is 0 Å². The van der Waals surface area contributed by atoms with Crippen molar-refractivity contribution in [2.24, 2.45) is 0 Å². The number of hydrogen-bond acceptors (Lipinski definition) is 4. The van der Waals surface area contributed by atoms with Gasteiger partial charge < -0.3 is 5.11 Å². The third-order valence-electron chi connectivity index (χ3n) is 1.21. The lowest BCUT2D eigenvalue weighted by Gasteiger charge is -2.02. The van der Waals surface area contributed by atoms with Crippen molar-refractivity contribution in [3.8, 4) is 0 Å². The van der Waals surface area contributed by atoms with Gasteiger partial charge in [-0.25, -0.2) is 15.6 Å². The summed E-state index contributed by atoms with van der Waals surface area (Å²) in [7, 11) is 0.842. The van der Waals surface area contributed by atoms with Crippen LogP contribution in [0.3, 0.4) is 0 Å². The van der Waals surface area contributed by atoms with E-state index in [1.165, 1.54) is 0 Å². The van der Waals surface area contributed by atoms with Crippen LogP contribution in [0.15, 0.2) is 0 Å². The topological polar surface area (TPSA) is 102 Å². The van der Waals surface area contributed by atoms with Gasteiger partial charge in [-0.3, -0.25) is 15.6 Å². The third-order valence-corrected chi connectivity index (χ3v) is 1.21. The summed E-state index contributed by atoms with van der Waals surface area (Å²) >= 11 is 0. The Labute approximate surface area is 76.4 Å². The molecule has 0 aromatic rings. The van der Waals surface area contributed by atoms with Crippen LogP contribution in [0.1, 0.15) is 0 Å². The fourth-order valence-electron chi connectivity index (χ4n) is 0.679. The molecule has 0 saturated carbocycles. The molecule has 0 aliphatic carbocycles. The lowest BCUT2D eigenvalue weighted by atomic mass is 9.75. The van der Waals surface area contributed by atoms with E-state index < -0.39 is 6.09 Å². The molecule has 0 unspecified atom stereocenters. The minimum atomic E-state index is -1.10. The SMILES string of the molecule is O=CNNCBCCNNC(=O)O. The predicted octanol–water partition coefficient (Wildman–Crippen LogP) is -2.18. The summed E-state index contributed by atoms with van der Waals surface area (Å²) < 4.78 is 0. The van der Waals surface area contributed by atoms with E-state index in [0.29, 0.717) is 19.4 Å². The van der Waals surface area contributed by atoms with E-state index in [1.54, 1.807) is 0 Å². The zero-order valence-corrected chi connectivity index (χ0v) is 7.17. The summed E-state index contributed by atoms with van der Waals surface area (Å²) in [6.07, 6.45) is 0.937. The minimum Gasteiger partial charge on any atom is -0.464 e. The highest BCUT2D eigenvalue weighted by Crippen LogP contribution is 1.71. The molecule has 0 rings (SSSR count). The van der Waals surface area contributed by atoms with Gasteiger partial charge in [0.15, 0.2) is 0 Å². The summed E-state index contributed by atoms with van der Waals surface area (Å²) in [6.45, 7) is 0.565. The zero-order valence-electron chi connectivity index (χ0n) is 7.17. The van der Waals surface area contributed by atoms with Crippen LogP contribution in [0, 0.1) is 0 Å². The number of nitrogens with one attached hydrogen (secondary N) is 4. The van der Waals surface area contributed by atoms with Crippen LogP contribution in [0.5, 0.6) is 0 Å². The molecule has 0 atom stereocenters. The molecule has 0 aromatic heterocycles. The number of amides is 2. The van der Waals surface area contributed by atoms with Gasteiger partial charge in [-0.2, -0.15) is 0 Å². The van der Waals surface area contributed by atoms with E-state index in [2.05, 4.69) is 16.3 Å². The van der Waals surface area contributed by atoms with Gasteiger partial charge in [-0.1, -0.05) is 6.32 Å². The molecule has 0 aliphatic heterocycles. The van der Waals surface area contributed by atoms with Crippen LogP contribution < -0.4 is 21.7 Å². The van der Waals surface area contributed by atoms with E-state index in [1.807, 2.05) is 5.43 Å². The standard InChI is InChI=1S/C5H13BN4O3/c11-4-9-8-3-6-1-2-7-10-5(12)13/h4,6-8,10H,1-3H2,(H,9,11)(H,12,13). The highest BCUT2D eigenvalue weighted by atomic mass is 16.4. The first-order valence-corrected chi connectivity index (χ1v) is 3.91. The van der Waals surface area contributed by atoms with Gasteiger partial charge in [0, 0.05) is 6.54 Å². The van der Waals surface area contributed by atoms with Gasteiger partial charge in [0.1, 0.15) is 7.28 Å². The van der Waals surface area contributed by atoms with Crippen molar-refractivity contribution in [1.82, 2.24) is 21.7 Å². The lowest BCUT2D eigenvalue weighted by molar-refractivity contribution is -0.110. The number of carbonyl (C=O) groups is 2. The Hall–Kier alpha value is -1.28. The third kappa shape index (κ3) is 10.7. The number of hydrazine groups is 2. The molecule has 74 valence electrons. The molecular weight excluding hydrogens is 175 g/mol. The van der Waals surface area contributed by atoms with Crippen molar-refractivity contribution >= 4 is 19.8 Å². The molecule has 0 radical (unpaired) electrons. The number of carbonyl (C=O) groups excluding carboxylic acids is 1. The molecule has 0 saturated heterocycles. The quantitative estimate of drug-likeness (QED) is 0.129. The second-order valence-electron chi connectivity index (χ2n) is 2.25. The Bertz CT molecular complexity index is 157. The van der Waals surface area contributed by atoms with Crippen LogP contribution in [0.2, 0.25) is 6.32 Å². The first-order valence-electron chi connectivity index (χ1n) is 3.91. The molecular formula is C5H13BN4O3. The summed E-state index contributed by atoms with van der Waals surface area (Å²) in [4.78, 5) is 19.7. The van der Waals surface area contributed by atoms with E-state index in [9.17, 15) is 9.59 Å². The molecule has 0 heterocycles. The summed E-state index contributed by atoms with van der Waals surface area (Å²) in [5, 5.41) is 8.15. The molecule has 0 aliphatic rings. The van der Waals surface area contributed by atoms with Crippen molar-refractivity contribution in [2.75, 3.05) is 13.0 Å². The van der Waals surface area contributed by atoms with Gasteiger partial charge in [-0.15, -0.1) is 0 Å². The average molecular weight is 188 g/mol. The second-order valence-corrected chi connectivity index (χ2v) is 2.25. The molecule has 0 aromatic carbocycles. The molecule has 0 bridgehead atoms. The van der Waals surface area contributed by atoms with Gasteiger partial charge in [-0.05, 0) is 6.44 Å². The van der Waals surface area contributed by atoms with E-state index in [-0.39, 0.29) is 0 Å². The van der Waals surface area contributed by atoms with Crippen molar-refractivity contribution in [3.63, 3.8) is 0 Å². The molecule has 2 amide bonds. The van der Waals surface area contributed by atoms with Crippen LogP contribution in [-0.4, -0.2) is 37.9 Å². The second kappa shape index (κ2) is 8.82. The van der Waals surface area contributed by atoms with Crippen molar-refractivity contribution in [2.45, 2.75) is 6.32 Å². The molecule has 13 heavy (non-hydrogen) atoms. The summed E-state index contributed by atoms with van der Waals surface area (Å²) in [5.41, 5.74) is 9.48. The number of hydrogen-bond donors (Lipinski definition) is 5. The van der Waals surface area contributed by atoms with Gasteiger partial charge in [0.05, 0.1) is 0 Å². The maximum atomic E-state index is 9.94. The molecule has 8 heteroatoms. The summed E-state index contributed by atoms with van der Waals surface area (Å²) in [6, 6.07) is 0. The molecule has 0 spiro atoms. The van der Waals surface area contributed by atoms with Crippen LogP contribution in [0.25, 0.3) is 0 Å². The van der Waals surface area contributed by atoms with Crippen molar-refractivity contribution in [3.05, 3.63) is 0 Å². The largest absolute Gasteiger partial charge is 0.464 e. The predicted molar refractivity (Wildman–Crippen MR) is 48.3 cm³/mol. The fourth-order valence-corrected chi connectivity index (χ4v) is 0.679. The number of carboxylic acid groups (broad SMARTS) is 1.